The predicted molar refractivity (Wildman–Crippen MR) is 101 cm³/mol. The van der Waals surface area contributed by atoms with Crippen molar-refractivity contribution >= 4 is 5.91 Å². The molecule has 7 heteroatoms. The highest BCUT2D eigenvalue weighted by Gasteiger charge is 2.15. The topological polar surface area (TPSA) is 97.2 Å². The van der Waals surface area contributed by atoms with Crippen LogP contribution < -0.4 is 15.6 Å². The summed E-state index contributed by atoms with van der Waals surface area (Å²) in [4.78, 5) is 26.7. The molecule has 1 aromatic carbocycles. The zero-order valence-corrected chi connectivity index (χ0v) is 15.4. The molecule has 2 N–H and O–H groups in total. The lowest BCUT2D eigenvalue weighted by Crippen LogP contribution is -2.26. The first kappa shape index (κ1) is 18.4. The molecule has 0 spiro atoms. The van der Waals surface area contributed by atoms with Gasteiger partial charge in [0, 0.05) is 23.4 Å². The number of carbonyl (C=O) groups is 1. The Morgan fingerprint density at radius 3 is 2.81 bits per heavy atom. The van der Waals surface area contributed by atoms with Crippen LogP contribution in [-0.4, -0.2) is 23.2 Å². The number of H-pyrrole nitrogens is 1. The van der Waals surface area contributed by atoms with Gasteiger partial charge < -0.3 is 19.6 Å². The number of hydrogen-bond acceptors (Lipinski definition) is 5. The van der Waals surface area contributed by atoms with Crippen LogP contribution >= 0.6 is 0 Å². The molecule has 3 rings (SSSR count). The van der Waals surface area contributed by atoms with E-state index in [4.69, 9.17) is 9.26 Å². The predicted octanol–water partition coefficient (Wildman–Crippen LogP) is 3.09. The maximum Gasteiger partial charge on any atom is 0.253 e. The first-order valence-electron chi connectivity index (χ1n) is 8.59. The summed E-state index contributed by atoms with van der Waals surface area (Å²) in [7, 11) is 1.60. The van der Waals surface area contributed by atoms with E-state index in [2.05, 4.69) is 15.5 Å². The van der Waals surface area contributed by atoms with Crippen LogP contribution in [0.15, 0.2) is 51.8 Å². The van der Waals surface area contributed by atoms with Gasteiger partial charge in [-0.15, -0.1) is 0 Å². The number of carbonyl (C=O) groups excluding carboxylic acids is 1. The fourth-order valence-electron chi connectivity index (χ4n) is 2.72. The van der Waals surface area contributed by atoms with Crippen molar-refractivity contribution in [2.45, 2.75) is 26.3 Å². The third kappa shape index (κ3) is 4.25. The minimum Gasteiger partial charge on any atom is -0.497 e. The smallest absolute Gasteiger partial charge is 0.253 e. The number of nitrogens with zero attached hydrogens (tertiary/aromatic N) is 1. The average molecular weight is 367 g/mol. The van der Waals surface area contributed by atoms with Gasteiger partial charge in [0.25, 0.3) is 5.91 Å². The van der Waals surface area contributed by atoms with Crippen molar-refractivity contribution in [1.29, 1.82) is 0 Å². The number of ether oxygens (including phenoxy) is 1. The zero-order valence-electron chi connectivity index (χ0n) is 15.4. The van der Waals surface area contributed by atoms with Gasteiger partial charge in [-0.25, -0.2) is 0 Å². The van der Waals surface area contributed by atoms with E-state index in [1.54, 1.807) is 13.2 Å². The lowest BCUT2D eigenvalue weighted by Gasteiger charge is -2.11. The van der Waals surface area contributed by atoms with Gasteiger partial charge in [0.2, 0.25) is 5.56 Å². The Balaban J connectivity index is 1.72. The number of benzene rings is 1. The van der Waals surface area contributed by atoms with Crippen LogP contribution in [0.3, 0.4) is 0 Å². The molecule has 1 amide bonds. The van der Waals surface area contributed by atoms with Crippen LogP contribution in [-0.2, 0) is 6.54 Å². The Bertz CT molecular complexity index is 1000. The third-order valence-electron chi connectivity index (χ3n) is 4.11. The van der Waals surface area contributed by atoms with Crippen molar-refractivity contribution in [3.05, 3.63) is 69.8 Å². The molecule has 140 valence electrons. The molecule has 0 saturated heterocycles. The van der Waals surface area contributed by atoms with E-state index in [0.29, 0.717) is 22.7 Å². The molecule has 0 aliphatic carbocycles. The van der Waals surface area contributed by atoms with Gasteiger partial charge in [0.1, 0.15) is 11.4 Å². The van der Waals surface area contributed by atoms with E-state index in [0.717, 1.165) is 11.3 Å². The summed E-state index contributed by atoms with van der Waals surface area (Å²) in [6, 6.07) is 12.1. The Morgan fingerprint density at radius 2 is 2.07 bits per heavy atom. The number of pyridine rings is 1. The largest absolute Gasteiger partial charge is 0.497 e. The highest BCUT2D eigenvalue weighted by Crippen LogP contribution is 2.24. The highest BCUT2D eigenvalue weighted by molar-refractivity contribution is 5.95. The molecule has 7 nitrogen and oxygen atoms in total. The van der Waals surface area contributed by atoms with E-state index in [1.165, 1.54) is 12.1 Å². The summed E-state index contributed by atoms with van der Waals surface area (Å²) in [5, 5.41) is 6.81. The van der Waals surface area contributed by atoms with Crippen LogP contribution in [0.1, 0.15) is 41.5 Å². The molecule has 0 fully saturated rings. The number of amides is 1. The number of hydrogen-bond donors (Lipinski definition) is 2. The van der Waals surface area contributed by atoms with Crippen LogP contribution in [0.25, 0.3) is 11.3 Å². The molecule has 0 aliphatic heterocycles. The summed E-state index contributed by atoms with van der Waals surface area (Å²) in [5.74, 6) is 1.05. The second-order valence-corrected chi connectivity index (χ2v) is 6.40. The molecular formula is C20H21N3O4. The van der Waals surface area contributed by atoms with Gasteiger partial charge >= 0.3 is 0 Å². The number of rotatable bonds is 6. The molecule has 0 saturated carbocycles. The van der Waals surface area contributed by atoms with Crippen molar-refractivity contribution in [2.24, 2.45) is 0 Å². The van der Waals surface area contributed by atoms with Crippen molar-refractivity contribution in [2.75, 3.05) is 7.11 Å². The molecule has 0 aliphatic rings. The molecular weight excluding hydrogens is 346 g/mol. The van der Waals surface area contributed by atoms with E-state index in [1.807, 2.05) is 38.1 Å². The van der Waals surface area contributed by atoms with Crippen molar-refractivity contribution in [1.82, 2.24) is 15.5 Å². The Labute approximate surface area is 156 Å². The maximum atomic E-state index is 12.5. The van der Waals surface area contributed by atoms with E-state index >= 15 is 0 Å². The molecule has 0 radical (unpaired) electrons. The minimum absolute atomic E-state index is 0.0198. The highest BCUT2D eigenvalue weighted by atomic mass is 16.5. The number of nitrogens with one attached hydrogen (secondary N) is 2. The fraction of sp³-hybridized carbons (Fsp3) is 0.250. The van der Waals surface area contributed by atoms with Crippen molar-refractivity contribution in [3.8, 4) is 17.1 Å². The standard InChI is InChI=1S/C20H21N3O4/c1-12(2)19-16(7-8-18(24)22-19)20(25)21-11-14-10-17(27-23-14)13-5-4-6-15(9-13)26-3/h4-10,12H,11H2,1-3H3,(H,21,25)(H,22,24). The maximum absolute atomic E-state index is 12.5. The first-order chi connectivity index (χ1) is 13.0. The SMILES string of the molecule is COc1cccc(-c2cc(CNC(=O)c3ccc(=O)[nH]c3C(C)C)no2)c1. The van der Waals surface area contributed by atoms with Gasteiger partial charge in [-0.05, 0) is 24.1 Å². The second-order valence-electron chi connectivity index (χ2n) is 6.40. The fourth-order valence-corrected chi connectivity index (χ4v) is 2.72. The van der Waals surface area contributed by atoms with Gasteiger partial charge in [-0.1, -0.05) is 31.1 Å². The number of methoxy groups -OCH3 is 1. The third-order valence-corrected chi connectivity index (χ3v) is 4.11. The molecule has 27 heavy (non-hydrogen) atoms. The van der Waals surface area contributed by atoms with Gasteiger partial charge in [0.15, 0.2) is 5.76 Å². The lowest BCUT2D eigenvalue weighted by atomic mass is 10.0. The van der Waals surface area contributed by atoms with Gasteiger partial charge in [-0.3, -0.25) is 9.59 Å². The summed E-state index contributed by atoms with van der Waals surface area (Å²) in [6.07, 6.45) is 0. The van der Waals surface area contributed by atoms with E-state index in [9.17, 15) is 9.59 Å². The summed E-state index contributed by atoms with van der Waals surface area (Å²) < 4.78 is 10.6. The van der Waals surface area contributed by atoms with Crippen LogP contribution in [0, 0.1) is 0 Å². The van der Waals surface area contributed by atoms with Crippen LogP contribution in [0.4, 0.5) is 0 Å². The Hall–Kier alpha value is -3.35. The van der Waals surface area contributed by atoms with Gasteiger partial charge in [0.05, 0.1) is 19.2 Å². The Morgan fingerprint density at radius 1 is 1.26 bits per heavy atom. The lowest BCUT2D eigenvalue weighted by molar-refractivity contribution is 0.0948. The molecule has 0 unspecified atom stereocenters. The number of aromatic amines is 1. The summed E-state index contributed by atoms with van der Waals surface area (Å²) in [5.41, 5.74) is 2.26. The molecule has 3 aromatic rings. The molecule has 2 aromatic heterocycles. The average Bonchev–Trinajstić information content (AvgIpc) is 3.15. The number of aromatic nitrogens is 2. The quantitative estimate of drug-likeness (QED) is 0.698. The zero-order chi connectivity index (χ0) is 19.4. The first-order valence-corrected chi connectivity index (χ1v) is 8.59. The molecule has 0 atom stereocenters. The summed E-state index contributed by atoms with van der Waals surface area (Å²) >= 11 is 0. The summed E-state index contributed by atoms with van der Waals surface area (Å²) in [6.45, 7) is 4.04. The van der Waals surface area contributed by atoms with Crippen LogP contribution in [0.2, 0.25) is 0 Å². The van der Waals surface area contributed by atoms with Gasteiger partial charge in [-0.2, -0.15) is 0 Å². The van der Waals surface area contributed by atoms with E-state index < -0.39 is 0 Å². The second kappa shape index (κ2) is 7.90. The van der Waals surface area contributed by atoms with Crippen molar-refractivity contribution in [3.63, 3.8) is 0 Å². The van der Waals surface area contributed by atoms with Crippen molar-refractivity contribution < 1.29 is 14.1 Å². The molecule has 2 heterocycles. The minimum atomic E-state index is -0.277. The van der Waals surface area contributed by atoms with Crippen LogP contribution in [0.5, 0.6) is 5.75 Å². The molecule has 0 bridgehead atoms. The van der Waals surface area contributed by atoms with E-state index in [-0.39, 0.29) is 23.9 Å². The Kier molecular flexibility index (Phi) is 5.40. The normalized spacial score (nSPS) is 10.8. The monoisotopic (exact) mass is 367 g/mol.